The van der Waals surface area contributed by atoms with Crippen LogP contribution >= 0.6 is 0 Å². The predicted molar refractivity (Wildman–Crippen MR) is 183 cm³/mol. The van der Waals surface area contributed by atoms with Crippen molar-refractivity contribution in [1.82, 2.24) is 34.3 Å². The van der Waals surface area contributed by atoms with E-state index in [-0.39, 0.29) is 40.5 Å². The van der Waals surface area contributed by atoms with Gasteiger partial charge in [-0.2, -0.15) is 0 Å². The first-order valence-electron chi connectivity index (χ1n) is 17.3. The lowest BCUT2D eigenvalue weighted by atomic mass is 9.82. The van der Waals surface area contributed by atoms with Gasteiger partial charge in [-0.1, -0.05) is 12.1 Å². The molecular formula is C35H54FN7O3S. The van der Waals surface area contributed by atoms with Gasteiger partial charge in [0.1, 0.15) is 12.1 Å². The van der Waals surface area contributed by atoms with Crippen molar-refractivity contribution in [3.63, 3.8) is 0 Å². The average Bonchev–Trinajstić information content (AvgIpc) is 3.90. The van der Waals surface area contributed by atoms with Crippen LogP contribution in [0.1, 0.15) is 85.7 Å². The summed E-state index contributed by atoms with van der Waals surface area (Å²) in [6.45, 7) is 13.5. The van der Waals surface area contributed by atoms with Gasteiger partial charge in [-0.15, -0.1) is 0 Å². The van der Waals surface area contributed by atoms with Crippen molar-refractivity contribution in [1.29, 1.82) is 0 Å². The monoisotopic (exact) mass is 671 g/mol. The van der Waals surface area contributed by atoms with Gasteiger partial charge in [0.25, 0.3) is 5.91 Å². The first-order valence-corrected chi connectivity index (χ1v) is 18.8. The smallest absolute Gasteiger partial charge is 0.257 e. The first-order chi connectivity index (χ1) is 22.4. The van der Waals surface area contributed by atoms with E-state index >= 15 is 0 Å². The number of carbonyl (C=O) groups excluding carboxylic acids is 1. The van der Waals surface area contributed by atoms with Crippen LogP contribution in [-0.4, -0.2) is 120 Å². The maximum absolute atomic E-state index is 14.5. The van der Waals surface area contributed by atoms with Crippen molar-refractivity contribution >= 4 is 15.9 Å². The highest BCUT2D eigenvalue weighted by Gasteiger charge is 2.45. The lowest BCUT2D eigenvalue weighted by Gasteiger charge is -2.54. The molecule has 260 valence electrons. The molecule has 2 atom stereocenters. The summed E-state index contributed by atoms with van der Waals surface area (Å²) in [5.74, 6) is 0.0544. The molecule has 1 amide bonds. The van der Waals surface area contributed by atoms with Crippen LogP contribution in [0.3, 0.4) is 0 Å². The van der Waals surface area contributed by atoms with Crippen LogP contribution in [0, 0.1) is 25.6 Å². The van der Waals surface area contributed by atoms with Gasteiger partial charge in [0.2, 0.25) is 10.0 Å². The minimum Gasteiger partial charge on any atom is -0.338 e. The van der Waals surface area contributed by atoms with Crippen LogP contribution in [0.5, 0.6) is 0 Å². The zero-order valence-corrected chi connectivity index (χ0v) is 29.9. The van der Waals surface area contributed by atoms with E-state index in [1.165, 1.54) is 12.4 Å². The summed E-state index contributed by atoms with van der Waals surface area (Å²) in [5.41, 5.74) is 3.05. The fourth-order valence-electron chi connectivity index (χ4n) is 7.89. The number of halogens is 1. The summed E-state index contributed by atoms with van der Waals surface area (Å²) in [6, 6.07) is 7.29. The Bertz CT molecular complexity index is 1470. The van der Waals surface area contributed by atoms with Crippen molar-refractivity contribution in [3.05, 3.63) is 58.9 Å². The molecule has 0 spiro atoms. The molecule has 1 aromatic heterocycles. The summed E-state index contributed by atoms with van der Waals surface area (Å²) >= 11 is 0. The number of benzene rings is 1. The highest BCUT2D eigenvalue weighted by atomic mass is 32.2. The lowest BCUT2D eigenvalue weighted by Crippen LogP contribution is -2.63. The van der Waals surface area contributed by atoms with E-state index in [0.29, 0.717) is 31.7 Å². The van der Waals surface area contributed by atoms with Crippen molar-refractivity contribution in [3.8, 4) is 0 Å². The number of piperazine rings is 1. The van der Waals surface area contributed by atoms with Crippen molar-refractivity contribution in [2.24, 2.45) is 5.92 Å². The third kappa shape index (κ3) is 7.88. The quantitative estimate of drug-likeness (QED) is 0.472. The number of carbonyl (C=O) groups is 1. The van der Waals surface area contributed by atoms with Gasteiger partial charge < -0.3 is 10.2 Å². The van der Waals surface area contributed by atoms with E-state index < -0.39 is 10.0 Å². The largest absolute Gasteiger partial charge is 0.338 e. The second-order valence-electron chi connectivity index (χ2n) is 14.2. The van der Waals surface area contributed by atoms with Crippen molar-refractivity contribution in [2.75, 3.05) is 59.9 Å². The van der Waals surface area contributed by atoms with Crippen molar-refractivity contribution in [2.45, 2.75) is 89.1 Å². The average molecular weight is 672 g/mol. The molecular weight excluding hydrogens is 617 g/mol. The van der Waals surface area contributed by atoms with Gasteiger partial charge in [-0.25, -0.2) is 27.1 Å². The second kappa shape index (κ2) is 14.9. The van der Waals surface area contributed by atoms with E-state index in [9.17, 15) is 17.6 Å². The molecule has 6 rings (SSSR count). The molecule has 1 saturated carbocycles. The van der Waals surface area contributed by atoms with Gasteiger partial charge in [-0.3, -0.25) is 14.6 Å². The summed E-state index contributed by atoms with van der Waals surface area (Å²) < 4.78 is 42.0. The van der Waals surface area contributed by atoms with Crippen LogP contribution in [-0.2, 0) is 10.0 Å². The molecule has 4 heterocycles. The van der Waals surface area contributed by atoms with Gasteiger partial charge >= 0.3 is 0 Å². The number of hydrogen-bond donors (Lipinski definition) is 1. The van der Waals surface area contributed by atoms with Gasteiger partial charge in [-0.05, 0) is 104 Å². The molecule has 1 aromatic carbocycles. The number of hydrogen-bond acceptors (Lipinski definition) is 8. The summed E-state index contributed by atoms with van der Waals surface area (Å²) in [4.78, 5) is 29.0. The second-order valence-corrected chi connectivity index (χ2v) is 16.4. The normalized spacial score (nSPS) is 24.0. The Morgan fingerprint density at radius 1 is 0.979 bits per heavy atom. The summed E-state index contributed by atoms with van der Waals surface area (Å²) in [6.07, 6.45) is 6.45. The Balaban J connectivity index is 0.00000139. The Labute approximate surface area is 281 Å². The topological polar surface area (TPSA) is 102 Å². The van der Waals surface area contributed by atoms with E-state index in [1.54, 1.807) is 16.4 Å². The number of piperidine rings is 2. The number of nitrogens with zero attached hydrogens (tertiary/aromatic N) is 6. The fraction of sp³-hybridized carbons (Fsp3) is 0.686. The standard InChI is InChI=1S/C33H47FN6O3S.C2H7N/c1-23-21-38(33(4)12-16-37(17-13-33)32(41)30-24(2)35-22-36-25(30)3)18-19-40(23)31(27-6-5-7-28(34)20-27)26-10-14-39(15-11-26)44(42,43)29-8-9-29;1-3-2/h5-7,20,22-23,26,29,31H,8-19,21H2,1-4H3;3H,1-2H3/t23-,31+;/m1./s1. The van der Waals surface area contributed by atoms with Crippen LogP contribution in [0.25, 0.3) is 0 Å². The molecule has 0 unspecified atom stereocenters. The highest BCUT2D eigenvalue weighted by Crippen LogP contribution is 2.41. The van der Waals surface area contributed by atoms with E-state index in [0.717, 1.165) is 75.1 Å². The van der Waals surface area contributed by atoms with Crippen LogP contribution in [0.2, 0.25) is 0 Å². The van der Waals surface area contributed by atoms with Gasteiger partial charge in [0.05, 0.1) is 22.2 Å². The molecule has 1 aliphatic carbocycles. The zero-order valence-electron chi connectivity index (χ0n) is 29.1. The van der Waals surface area contributed by atoms with Crippen LogP contribution < -0.4 is 5.32 Å². The molecule has 47 heavy (non-hydrogen) atoms. The molecule has 12 heteroatoms. The maximum Gasteiger partial charge on any atom is 0.257 e. The molecule has 2 aromatic rings. The molecule has 1 N–H and O–H groups in total. The van der Waals surface area contributed by atoms with Crippen LogP contribution in [0.4, 0.5) is 4.39 Å². The number of rotatable bonds is 7. The van der Waals surface area contributed by atoms with E-state index in [1.807, 2.05) is 38.9 Å². The maximum atomic E-state index is 14.5. The Morgan fingerprint density at radius 2 is 1.60 bits per heavy atom. The minimum absolute atomic E-state index is 0.00866. The molecule has 4 aliphatic rings. The Kier molecular flexibility index (Phi) is 11.4. The van der Waals surface area contributed by atoms with Gasteiger partial charge in [0.15, 0.2) is 0 Å². The molecule has 3 saturated heterocycles. The third-order valence-corrected chi connectivity index (χ3v) is 13.2. The molecule has 0 bridgehead atoms. The summed E-state index contributed by atoms with van der Waals surface area (Å²) in [7, 11) is 0.571. The van der Waals surface area contributed by atoms with E-state index in [4.69, 9.17) is 0 Å². The Hall–Kier alpha value is -2.51. The minimum atomic E-state index is -3.18. The third-order valence-electron chi connectivity index (χ3n) is 10.8. The Morgan fingerprint density at radius 3 is 2.15 bits per heavy atom. The zero-order chi connectivity index (χ0) is 33.9. The predicted octanol–water partition coefficient (Wildman–Crippen LogP) is 4.01. The number of aryl methyl sites for hydroxylation is 2. The molecule has 3 aliphatic heterocycles. The van der Waals surface area contributed by atoms with Crippen LogP contribution in [0.15, 0.2) is 30.6 Å². The molecule has 4 fully saturated rings. The number of aromatic nitrogens is 2. The molecule has 10 nitrogen and oxygen atoms in total. The number of likely N-dealkylation sites (tertiary alicyclic amines) is 1. The number of amides is 1. The first kappa shape index (κ1) is 35.8. The number of nitrogens with one attached hydrogen (secondary N) is 1. The van der Waals surface area contributed by atoms with Crippen molar-refractivity contribution < 1.29 is 17.6 Å². The lowest BCUT2D eigenvalue weighted by molar-refractivity contribution is -0.0422. The number of sulfonamides is 1. The van der Waals surface area contributed by atoms with E-state index in [2.05, 4.69) is 38.9 Å². The SMILES string of the molecule is CNC.Cc1ncnc(C)c1C(=O)N1CCC(C)(N2CCN([C@H](c3cccc(F)c3)C3CCN(S(=O)(=O)C4CC4)CC3)[C@H](C)C2)CC1. The summed E-state index contributed by atoms with van der Waals surface area (Å²) in [5, 5.41) is 2.57. The fourth-order valence-corrected chi connectivity index (χ4v) is 9.76. The molecule has 0 radical (unpaired) electrons. The highest BCUT2D eigenvalue weighted by molar-refractivity contribution is 7.90. The van der Waals surface area contributed by atoms with Gasteiger partial charge in [0, 0.05) is 63.4 Å².